The number of benzene rings is 2. The molecule has 3 aliphatic rings. The van der Waals surface area contributed by atoms with Crippen LogP contribution < -0.4 is 9.47 Å². The Bertz CT molecular complexity index is 981. The molecule has 5 rings (SSSR count). The number of amides is 2. The van der Waals surface area contributed by atoms with Gasteiger partial charge in [-0.05, 0) is 54.5 Å². The Morgan fingerprint density at radius 3 is 2.39 bits per heavy atom. The van der Waals surface area contributed by atoms with Crippen LogP contribution in [0.1, 0.15) is 29.5 Å². The van der Waals surface area contributed by atoms with Gasteiger partial charge in [0.25, 0.3) is 5.91 Å². The van der Waals surface area contributed by atoms with E-state index in [1.807, 2.05) is 29.2 Å². The molecule has 0 bridgehead atoms. The molecule has 0 N–H and O–H groups in total. The molecular formula is C25H28N2O4. The summed E-state index contributed by atoms with van der Waals surface area (Å²) in [5.41, 5.74) is 3.94. The highest BCUT2D eigenvalue weighted by Gasteiger charge is 2.33. The van der Waals surface area contributed by atoms with E-state index in [4.69, 9.17) is 9.47 Å². The Balaban J connectivity index is 1.14. The zero-order valence-corrected chi connectivity index (χ0v) is 17.7. The lowest BCUT2D eigenvalue weighted by Crippen LogP contribution is -2.55. The van der Waals surface area contributed by atoms with Crippen molar-refractivity contribution in [1.82, 2.24) is 9.80 Å². The molecule has 1 fully saturated rings. The van der Waals surface area contributed by atoms with E-state index in [9.17, 15) is 9.59 Å². The van der Waals surface area contributed by atoms with E-state index in [0.29, 0.717) is 44.1 Å². The molecular weight excluding hydrogens is 392 g/mol. The highest BCUT2D eigenvalue weighted by atomic mass is 16.6. The first kappa shape index (κ1) is 19.9. The highest BCUT2D eigenvalue weighted by Crippen LogP contribution is 2.31. The Morgan fingerprint density at radius 2 is 1.58 bits per heavy atom. The fraction of sp³-hybridized carbons (Fsp3) is 0.440. The first-order valence-corrected chi connectivity index (χ1v) is 11.2. The second-order valence-corrected chi connectivity index (χ2v) is 8.56. The monoisotopic (exact) mass is 420 g/mol. The third-order valence-electron chi connectivity index (χ3n) is 6.50. The third-order valence-corrected chi connectivity index (χ3v) is 6.50. The standard InChI is InChI=1S/C25H28N2O4/c28-24(16-18-9-10-19-5-1-2-6-20(19)15-18)26-11-13-27(14-12-26)25(29)23-17-30-21-7-3-4-8-22(21)31-23/h3-4,7-10,15,23H,1-2,5-6,11-14,16-17H2/t23-/m1/s1. The van der Waals surface area contributed by atoms with Crippen LogP contribution in [-0.2, 0) is 28.9 Å². The number of rotatable bonds is 3. The maximum atomic E-state index is 12.9. The van der Waals surface area contributed by atoms with Gasteiger partial charge in [-0.1, -0.05) is 30.3 Å². The molecule has 6 nitrogen and oxygen atoms in total. The SMILES string of the molecule is O=C(Cc1ccc2c(c1)CCCC2)N1CCN(C(=O)[C@H]2COc3ccccc3O2)CC1. The number of hydrogen-bond donors (Lipinski definition) is 0. The summed E-state index contributed by atoms with van der Waals surface area (Å²) in [5.74, 6) is 1.33. The van der Waals surface area contributed by atoms with Crippen molar-refractivity contribution < 1.29 is 19.1 Å². The number of fused-ring (bicyclic) bond motifs is 2. The smallest absolute Gasteiger partial charge is 0.267 e. The zero-order chi connectivity index (χ0) is 21.2. The van der Waals surface area contributed by atoms with E-state index >= 15 is 0 Å². The molecule has 2 aliphatic heterocycles. The number of para-hydroxylation sites is 2. The van der Waals surface area contributed by atoms with Crippen LogP contribution in [0.5, 0.6) is 11.5 Å². The Labute approximate surface area is 182 Å². The van der Waals surface area contributed by atoms with Gasteiger partial charge in [-0.15, -0.1) is 0 Å². The highest BCUT2D eigenvalue weighted by molar-refractivity contribution is 5.83. The maximum absolute atomic E-state index is 12.9. The summed E-state index contributed by atoms with van der Waals surface area (Å²) in [6.45, 7) is 2.37. The number of nitrogens with zero attached hydrogens (tertiary/aromatic N) is 2. The lowest BCUT2D eigenvalue weighted by molar-refractivity contribution is -0.146. The van der Waals surface area contributed by atoms with Gasteiger partial charge in [0.2, 0.25) is 12.0 Å². The molecule has 2 aromatic rings. The normalized spacial score (nSPS) is 20.2. The van der Waals surface area contributed by atoms with Gasteiger partial charge >= 0.3 is 0 Å². The van der Waals surface area contributed by atoms with E-state index in [1.165, 1.54) is 24.0 Å². The van der Waals surface area contributed by atoms with Crippen LogP contribution in [0.2, 0.25) is 0 Å². The second-order valence-electron chi connectivity index (χ2n) is 8.56. The van der Waals surface area contributed by atoms with Crippen molar-refractivity contribution in [3.8, 4) is 11.5 Å². The van der Waals surface area contributed by atoms with Crippen molar-refractivity contribution in [2.45, 2.75) is 38.2 Å². The van der Waals surface area contributed by atoms with E-state index in [-0.39, 0.29) is 18.4 Å². The van der Waals surface area contributed by atoms with Gasteiger partial charge in [-0.25, -0.2) is 0 Å². The summed E-state index contributed by atoms with van der Waals surface area (Å²) in [4.78, 5) is 29.4. The van der Waals surface area contributed by atoms with Gasteiger partial charge < -0.3 is 19.3 Å². The summed E-state index contributed by atoms with van der Waals surface area (Å²) >= 11 is 0. The van der Waals surface area contributed by atoms with Crippen LogP contribution in [0.4, 0.5) is 0 Å². The van der Waals surface area contributed by atoms with E-state index < -0.39 is 6.10 Å². The molecule has 1 atom stereocenters. The minimum Gasteiger partial charge on any atom is -0.485 e. The van der Waals surface area contributed by atoms with Crippen LogP contribution in [-0.4, -0.2) is 60.5 Å². The molecule has 1 aliphatic carbocycles. The Hall–Kier alpha value is -3.02. The van der Waals surface area contributed by atoms with Gasteiger partial charge in [0, 0.05) is 26.2 Å². The summed E-state index contributed by atoms with van der Waals surface area (Å²) in [5, 5.41) is 0. The maximum Gasteiger partial charge on any atom is 0.267 e. The van der Waals surface area contributed by atoms with Gasteiger partial charge in [-0.3, -0.25) is 9.59 Å². The minimum absolute atomic E-state index is 0.0729. The summed E-state index contributed by atoms with van der Waals surface area (Å²) in [6, 6.07) is 13.9. The predicted molar refractivity (Wildman–Crippen MR) is 116 cm³/mol. The molecule has 0 unspecified atom stereocenters. The third kappa shape index (κ3) is 4.24. The first-order valence-electron chi connectivity index (χ1n) is 11.2. The van der Waals surface area contributed by atoms with Gasteiger partial charge in [0.15, 0.2) is 11.5 Å². The topological polar surface area (TPSA) is 59.1 Å². The van der Waals surface area contributed by atoms with Crippen LogP contribution in [0.25, 0.3) is 0 Å². The molecule has 2 heterocycles. The molecule has 0 spiro atoms. The molecule has 1 saturated heterocycles. The number of piperazine rings is 1. The van der Waals surface area contributed by atoms with Crippen molar-refractivity contribution in [1.29, 1.82) is 0 Å². The molecule has 2 aromatic carbocycles. The van der Waals surface area contributed by atoms with Crippen molar-refractivity contribution in [2.24, 2.45) is 0 Å². The fourth-order valence-corrected chi connectivity index (χ4v) is 4.70. The van der Waals surface area contributed by atoms with Crippen molar-refractivity contribution in [3.63, 3.8) is 0 Å². The molecule has 6 heteroatoms. The lowest BCUT2D eigenvalue weighted by Gasteiger charge is -2.37. The van der Waals surface area contributed by atoms with E-state index in [2.05, 4.69) is 18.2 Å². The largest absolute Gasteiger partial charge is 0.485 e. The van der Waals surface area contributed by atoms with Crippen LogP contribution in [0.3, 0.4) is 0 Å². The molecule has 0 radical (unpaired) electrons. The van der Waals surface area contributed by atoms with E-state index in [1.54, 1.807) is 4.90 Å². The molecule has 2 amide bonds. The number of aryl methyl sites for hydroxylation is 2. The number of carbonyl (C=O) groups excluding carboxylic acids is 2. The van der Waals surface area contributed by atoms with E-state index in [0.717, 1.165) is 18.4 Å². The van der Waals surface area contributed by atoms with Crippen molar-refractivity contribution in [3.05, 3.63) is 59.2 Å². The number of ether oxygens (including phenoxy) is 2. The summed E-state index contributed by atoms with van der Waals surface area (Å²) < 4.78 is 11.5. The second kappa shape index (κ2) is 8.61. The average Bonchev–Trinajstić information content (AvgIpc) is 2.83. The fourth-order valence-electron chi connectivity index (χ4n) is 4.70. The minimum atomic E-state index is -0.632. The first-order chi connectivity index (χ1) is 15.2. The molecule has 0 saturated carbocycles. The van der Waals surface area contributed by atoms with Crippen LogP contribution >= 0.6 is 0 Å². The summed E-state index contributed by atoms with van der Waals surface area (Å²) in [7, 11) is 0. The van der Waals surface area contributed by atoms with Crippen molar-refractivity contribution in [2.75, 3.05) is 32.8 Å². The summed E-state index contributed by atoms with van der Waals surface area (Å²) in [6.07, 6.45) is 4.57. The number of hydrogen-bond acceptors (Lipinski definition) is 4. The average molecular weight is 421 g/mol. The Morgan fingerprint density at radius 1 is 0.871 bits per heavy atom. The van der Waals surface area contributed by atoms with Gasteiger partial charge in [0.05, 0.1) is 6.42 Å². The molecule has 0 aromatic heterocycles. The Kier molecular flexibility index (Phi) is 5.53. The number of carbonyl (C=O) groups is 2. The molecule has 162 valence electrons. The van der Waals surface area contributed by atoms with Crippen LogP contribution in [0.15, 0.2) is 42.5 Å². The predicted octanol–water partition coefficient (Wildman–Crippen LogP) is 2.62. The van der Waals surface area contributed by atoms with Crippen molar-refractivity contribution >= 4 is 11.8 Å². The van der Waals surface area contributed by atoms with Gasteiger partial charge in [-0.2, -0.15) is 0 Å². The van der Waals surface area contributed by atoms with Gasteiger partial charge in [0.1, 0.15) is 6.61 Å². The quantitative estimate of drug-likeness (QED) is 0.766. The molecule has 31 heavy (non-hydrogen) atoms. The lowest BCUT2D eigenvalue weighted by atomic mass is 9.90. The zero-order valence-electron chi connectivity index (χ0n) is 17.7. The van der Waals surface area contributed by atoms with Crippen LogP contribution in [0, 0.1) is 0 Å².